The van der Waals surface area contributed by atoms with Gasteiger partial charge in [-0.05, 0) is 17.7 Å². The van der Waals surface area contributed by atoms with Crippen LogP contribution in [0.3, 0.4) is 0 Å². The van der Waals surface area contributed by atoms with Crippen molar-refractivity contribution < 1.29 is 4.42 Å². The summed E-state index contributed by atoms with van der Waals surface area (Å²) in [5.74, 6) is 0.997. The summed E-state index contributed by atoms with van der Waals surface area (Å²) in [7, 11) is 0. The number of allylic oxidation sites excluding steroid dienone is 1. The maximum absolute atomic E-state index is 5.22. The van der Waals surface area contributed by atoms with Crippen molar-refractivity contribution >= 4 is 6.08 Å². The smallest absolute Gasteiger partial charge is 0.107 e. The average Bonchev–Trinajstić information content (AvgIpc) is 2.72. The van der Waals surface area contributed by atoms with E-state index in [0.717, 1.165) is 12.2 Å². The molecule has 0 spiro atoms. The Labute approximate surface area is 83.7 Å². The maximum Gasteiger partial charge on any atom is 0.107 e. The summed E-state index contributed by atoms with van der Waals surface area (Å²) in [5, 5.41) is 0. The number of hydrogen-bond donors (Lipinski definition) is 0. The Morgan fingerprint density at radius 1 is 1.00 bits per heavy atom. The number of benzene rings is 1. The summed E-state index contributed by atoms with van der Waals surface area (Å²) in [4.78, 5) is 0. The van der Waals surface area contributed by atoms with Gasteiger partial charge in [-0.25, -0.2) is 0 Å². The highest BCUT2D eigenvalue weighted by atomic mass is 16.3. The Hall–Kier alpha value is -1.76. The third kappa shape index (κ3) is 2.36. The van der Waals surface area contributed by atoms with Crippen molar-refractivity contribution in [3.8, 4) is 0 Å². The van der Waals surface area contributed by atoms with Crippen LogP contribution < -0.4 is 0 Å². The molecule has 0 radical (unpaired) electrons. The molecule has 0 saturated carbocycles. The van der Waals surface area contributed by atoms with Gasteiger partial charge in [-0.15, -0.1) is 0 Å². The van der Waals surface area contributed by atoms with Crippen LogP contribution in [0, 0.1) is 0 Å². The van der Waals surface area contributed by atoms with E-state index in [0.29, 0.717) is 0 Å². The van der Waals surface area contributed by atoms with Crippen molar-refractivity contribution in [2.45, 2.75) is 6.42 Å². The van der Waals surface area contributed by atoms with Gasteiger partial charge in [0.15, 0.2) is 0 Å². The summed E-state index contributed by atoms with van der Waals surface area (Å²) in [6.45, 7) is 0. The molecule has 1 heteroatoms. The lowest BCUT2D eigenvalue weighted by Gasteiger charge is -1.90. The first-order chi connectivity index (χ1) is 6.95. The van der Waals surface area contributed by atoms with Gasteiger partial charge >= 0.3 is 0 Å². The highest BCUT2D eigenvalue weighted by Crippen LogP contribution is 2.05. The lowest BCUT2D eigenvalue weighted by Crippen LogP contribution is -1.74. The van der Waals surface area contributed by atoms with E-state index in [2.05, 4.69) is 24.3 Å². The molecule has 1 heterocycles. The Morgan fingerprint density at radius 2 is 1.86 bits per heavy atom. The van der Waals surface area contributed by atoms with Gasteiger partial charge in [0.2, 0.25) is 0 Å². The molecule has 0 bridgehead atoms. The van der Waals surface area contributed by atoms with Gasteiger partial charge in [0.1, 0.15) is 5.76 Å². The fraction of sp³-hybridized carbons (Fsp3) is 0.0769. The second kappa shape index (κ2) is 4.47. The van der Waals surface area contributed by atoms with Crippen molar-refractivity contribution in [3.63, 3.8) is 0 Å². The molecule has 1 aromatic heterocycles. The van der Waals surface area contributed by atoms with Crippen molar-refractivity contribution in [2.24, 2.45) is 0 Å². The maximum atomic E-state index is 5.22. The third-order valence-corrected chi connectivity index (χ3v) is 2.01. The first kappa shape index (κ1) is 8.82. The molecule has 1 nitrogen and oxygen atoms in total. The van der Waals surface area contributed by atoms with Gasteiger partial charge in [-0.3, -0.25) is 0 Å². The molecule has 0 aliphatic heterocycles. The van der Waals surface area contributed by atoms with Crippen molar-refractivity contribution in [3.05, 3.63) is 66.1 Å². The largest absolute Gasteiger partial charge is 0.469 e. The van der Waals surface area contributed by atoms with E-state index in [-0.39, 0.29) is 0 Å². The molecule has 0 fully saturated rings. The zero-order valence-electron chi connectivity index (χ0n) is 7.89. The highest BCUT2D eigenvalue weighted by molar-refractivity contribution is 5.48. The minimum absolute atomic E-state index is 0.849. The fourth-order valence-electron chi connectivity index (χ4n) is 1.30. The lowest BCUT2D eigenvalue weighted by molar-refractivity contribution is 0.523. The molecule has 0 aliphatic rings. The standard InChI is InChI=1S/C13H12O/c1-2-6-12(7-3-1)8-4-9-13-10-5-11-14-13/h1-8,10-11H,9H2. The number of furan rings is 1. The van der Waals surface area contributed by atoms with Gasteiger partial charge in [-0.2, -0.15) is 0 Å². The van der Waals surface area contributed by atoms with Gasteiger partial charge in [-0.1, -0.05) is 42.5 Å². The van der Waals surface area contributed by atoms with Crippen LogP contribution in [-0.4, -0.2) is 0 Å². The average molecular weight is 184 g/mol. The van der Waals surface area contributed by atoms with Crippen molar-refractivity contribution in [1.29, 1.82) is 0 Å². The molecular weight excluding hydrogens is 172 g/mol. The number of rotatable bonds is 3. The summed E-state index contributed by atoms with van der Waals surface area (Å²) in [6, 6.07) is 14.1. The van der Waals surface area contributed by atoms with Crippen LogP contribution in [0.25, 0.3) is 6.08 Å². The van der Waals surface area contributed by atoms with E-state index in [1.165, 1.54) is 5.56 Å². The van der Waals surface area contributed by atoms with Crippen molar-refractivity contribution in [2.75, 3.05) is 0 Å². The summed E-state index contributed by atoms with van der Waals surface area (Å²) >= 11 is 0. The minimum Gasteiger partial charge on any atom is -0.469 e. The van der Waals surface area contributed by atoms with E-state index in [4.69, 9.17) is 4.42 Å². The molecule has 14 heavy (non-hydrogen) atoms. The lowest BCUT2D eigenvalue weighted by atomic mass is 10.2. The Bertz CT molecular complexity index is 384. The second-order valence-electron chi connectivity index (χ2n) is 3.10. The van der Waals surface area contributed by atoms with Crippen LogP contribution in [-0.2, 0) is 6.42 Å². The summed E-state index contributed by atoms with van der Waals surface area (Å²) < 4.78 is 5.22. The fourth-order valence-corrected chi connectivity index (χ4v) is 1.30. The third-order valence-electron chi connectivity index (χ3n) is 2.01. The summed E-state index contributed by atoms with van der Waals surface area (Å²) in [5.41, 5.74) is 1.22. The van der Waals surface area contributed by atoms with Crippen LogP contribution in [0.15, 0.2) is 59.2 Å². The first-order valence-corrected chi connectivity index (χ1v) is 4.69. The van der Waals surface area contributed by atoms with E-state index in [1.807, 2.05) is 30.3 Å². The van der Waals surface area contributed by atoms with Crippen LogP contribution in [0.1, 0.15) is 11.3 Å². The Balaban J connectivity index is 1.96. The molecule has 0 amide bonds. The topological polar surface area (TPSA) is 13.1 Å². The molecule has 0 N–H and O–H groups in total. The van der Waals surface area contributed by atoms with E-state index < -0.39 is 0 Å². The molecular formula is C13H12O. The molecule has 0 saturated heterocycles. The molecule has 70 valence electrons. The zero-order valence-corrected chi connectivity index (χ0v) is 7.89. The predicted molar refractivity (Wildman–Crippen MR) is 57.9 cm³/mol. The predicted octanol–water partition coefficient (Wildman–Crippen LogP) is 3.54. The highest BCUT2D eigenvalue weighted by Gasteiger charge is 1.89. The van der Waals surface area contributed by atoms with Crippen LogP contribution in [0.5, 0.6) is 0 Å². The quantitative estimate of drug-likeness (QED) is 0.711. The van der Waals surface area contributed by atoms with E-state index in [9.17, 15) is 0 Å². The minimum atomic E-state index is 0.849. The molecule has 0 atom stereocenters. The van der Waals surface area contributed by atoms with Gasteiger partial charge in [0, 0.05) is 6.42 Å². The number of hydrogen-bond acceptors (Lipinski definition) is 1. The Kier molecular flexibility index (Phi) is 2.82. The SMILES string of the molecule is C(=Cc1ccccc1)Cc1ccco1. The molecule has 0 aliphatic carbocycles. The van der Waals surface area contributed by atoms with E-state index in [1.54, 1.807) is 6.26 Å². The van der Waals surface area contributed by atoms with Gasteiger partial charge in [0.25, 0.3) is 0 Å². The monoisotopic (exact) mass is 184 g/mol. The van der Waals surface area contributed by atoms with Crippen LogP contribution in [0.2, 0.25) is 0 Å². The van der Waals surface area contributed by atoms with Gasteiger partial charge < -0.3 is 4.42 Å². The van der Waals surface area contributed by atoms with Crippen molar-refractivity contribution in [1.82, 2.24) is 0 Å². The molecule has 2 aromatic rings. The summed E-state index contributed by atoms with van der Waals surface area (Å²) in [6.07, 6.45) is 6.75. The normalized spacial score (nSPS) is 10.9. The molecule has 0 unspecified atom stereocenters. The second-order valence-corrected chi connectivity index (χ2v) is 3.10. The van der Waals surface area contributed by atoms with Crippen LogP contribution in [0.4, 0.5) is 0 Å². The van der Waals surface area contributed by atoms with E-state index >= 15 is 0 Å². The van der Waals surface area contributed by atoms with Crippen LogP contribution >= 0.6 is 0 Å². The molecule has 1 aromatic carbocycles. The Morgan fingerprint density at radius 3 is 2.57 bits per heavy atom. The first-order valence-electron chi connectivity index (χ1n) is 4.69. The zero-order chi connectivity index (χ0) is 9.64. The van der Waals surface area contributed by atoms with Gasteiger partial charge in [0.05, 0.1) is 6.26 Å². The molecule has 2 rings (SSSR count).